The van der Waals surface area contributed by atoms with E-state index in [2.05, 4.69) is 11.4 Å². The van der Waals surface area contributed by atoms with Gasteiger partial charge >= 0.3 is 0 Å². The molecule has 1 atom stereocenters. The van der Waals surface area contributed by atoms with Crippen LogP contribution in [-0.2, 0) is 0 Å². The lowest BCUT2D eigenvalue weighted by molar-refractivity contribution is 0.200. The number of ether oxygens (including phenoxy) is 2. The first kappa shape index (κ1) is 13.7. The van der Waals surface area contributed by atoms with Crippen LogP contribution in [-0.4, -0.2) is 20.3 Å². The first-order valence-electron chi connectivity index (χ1n) is 6.70. The first-order chi connectivity index (χ1) is 9.28. The van der Waals surface area contributed by atoms with Crippen molar-refractivity contribution in [1.82, 2.24) is 5.32 Å². The Morgan fingerprint density at radius 2 is 2.05 bits per heavy atom. The maximum atomic E-state index is 9.10. The number of nitriles is 1. The van der Waals surface area contributed by atoms with E-state index >= 15 is 0 Å². The zero-order valence-electron chi connectivity index (χ0n) is 11.5. The van der Waals surface area contributed by atoms with Gasteiger partial charge in [0.25, 0.3) is 0 Å². The summed E-state index contributed by atoms with van der Waals surface area (Å²) in [6.07, 6.45) is 4.93. The van der Waals surface area contributed by atoms with Crippen molar-refractivity contribution in [3.05, 3.63) is 23.8 Å². The van der Waals surface area contributed by atoms with Crippen LogP contribution < -0.4 is 14.8 Å². The summed E-state index contributed by atoms with van der Waals surface area (Å²) >= 11 is 0. The third-order valence-electron chi connectivity index (χ3n) is 3.53. The van der Waals surface area contributed by atoms with E-state index in [1.807, 2.05) is 18.2 Å². The molecule has 2 rings (SSSR count). The molecule has 1 aromatic rings. The fraction of sp³-hybridized carbons (Fsp3) is 0.533. The summed E-state index contributed by atoms with van der Waals surface area (Å²) in [4.78, 5) is 0. The quantitative estimate of drug-likeness (QED) is 0.884. The van der Waals surface area contributed by atoms with Gasteiger partial charge < -0.3 is 14.8 Å². The van der Waals surface area contributed by atoms with E-state index in [0.717, 1.165) is 29.9 Å². The zero-order chi connectivity index (χ0) is 13.7. The van der Waals surface area contributed by atoms with Gasteiger partial charge in [0.1, 0.15) is 6.04 Å². The van der Waals surface area contributed by atoms with Crippen molar-refractivity contribution in [3.8, 4) is 17.6 Å². The standard InChI is InChI=1S/C15H20N2O2/c1-17-13(10-16)11-7-8-14(18-2)15(9-11)19-12-5-3-4-6-12/h7-9,12-13,17H,3-6H2,1-2H3. The van der Waals surface area contributed by atoms with E-state index in [4.69, 9.17) is 14.7 Å². The molecule has 0 amide bonds. The number of hydrogen-bond donors (Lipinski definition) is 1. The molecular weight excluding hydrogens is 240 g/mol. The average molecular weight is 260 g/mol. The van der Waals surface area contributed by atoms with E-state index in [-0.39, 0.29) is 12.1 Å². The first-order valence-corrected chi connectivity index (χ1v) is 6.70. The minimum absolute atomic E-state index is 0.277. The van der Waals surface area contributed by atoms with Gasteiger partial charge in [0.05, 0.1) is 19.3 Å². The van der Waals surface area contributed by atoms with Gasteiger partial charge in [0.15, 0.2) is 11.5 Å². The van der Waals surface area contributed by atoms with Crippen molar-refractivity contribution in [2.75, 3.05) is 14.2 Å². The van der Waals surface area contributed by atoms with Crippen LogP contribution >= 0.6 is 0 Å². The van der Waals surface area contributed by atoms with Crippen molar-refractivity contribution in [2.24, 2.45) is 0 Å². The second-order valence-electron chi connectivity index (χ2n) is 4.79. The molecule has 1 fully saturated rings. The molecule has 1 N–H and O–H groups in total. The van der Waals surface area contributed by atoms with Crippen LogP contribution in [0.2, 0.25) is 0 Å². The molecule has 1 saturated carbocycles. The van der Waals surface area contributed by atoms with Gasteiger partial charge in [0, 0.05) is 0 Å². The number of nitrogens with zero attached hydrogens (tertiary/aromatic N) is 1. The van der Waals surface area contributed by atoms with Gasteiger partial charge in [-0.2, -0.15) is 5.26 Å². The summed E-state index contributed by atoms with van der Waals surface area (Å²) in [5.74, 6) is 1.46. The second kappa shape index (κ2) is 6.44. The monoisotopic (exact) mass is 260 g/mol. The summed E-state index contributed by atoms with van der Waals surface area (Å²) in [7, 11) is 3.41. The van der Waals surface area contributed by atoms with Crippen LogP contribution in [0.4, 0.5) is 0 Å². The molecule has 0 bridgehead atoms. The largest absolute Gasteiger partial charge is 0.493 e. The third-order valence-corrected chi connectivity index (χ3v) is 3.53. The van der Waals surface area contributed by atoms with Crippen LogP contribution in [0.25, 0.3) is 0 Å². The Morgan fingerprint density at radius 3 is 2.63 bits per heavy atom. The fourth-order valence-corrected chi connectivity index (χ4v) is 2.46. The molecule has 1 aliphatic carbocycles. The molecule has 1 aliphatic rings. The van der Waals surface area contributed by atoms with Gasteiger partial charge in [0.2, 0.25) is 0 Å². The Labute approximate surface area is 114 Å². The van der Waals surface area contributed by atoms with E-state index in [0.29, 0.717) is 0 Å². The molecular formula is C15H20N2O2. The highest BCUT2D eigenvalue weighted by atomic mass is 16.5. The summed E-state index contributed by atoms with van der Waals surface area (Å²) in [5, 5.41) is 12.1. The molecule has 1 unspecified atom stereocenters. The van der Waals surface area contributed by atoms with Crippen molar-refractivity contribution < 1.29 is 9.47 Å². The summed E-state index contributed by atoms with van der Waals surface area (Å²) in [5.41, 5.74) is 0.902. The van der Waals surface area contributed by atoms with Gasteiger partial charge in [-0.3, -0.25) is 0 Å². The maximum Gasteiger partial charge on any atom is 0.161 e. The minimum atomic E-state index is -0.322. The molecule has 0 spiro atoms. The van der Waals surface area contributed by atoms with Crippen LogP contribution in [0, 0.1) is 11.3 Å². The Kier molecular flexibility index (Phi) is 4.64. The lowest BCUT2D eigenvalue weighted by Gasteiger charge is -2.18. The molecule has 0 saturated heterocycles. The summed E-state index contributed by atoms with van der Waals surface area (Å²) in [6.45, 7) is 0. The molecule has 4 heteroatoms. The van der Waals surface area contributed by atoms with Crippen molar-refractivity contribution >= 4 is 0 Å². The molecule has 102 valence electrons. The van der Waals surface area contributed by atoms with Gasteiger partial charge in [-0.1, -0.05) is 6.07 Å². The maximum absolute atomic E-state index is 9.10. The normalized spacial score (nSPS) is 16.9. The minimum Gasteiger partial charge on any atom is -0.493 e. The Morgan fingerprint density at radius 1 is 1.32 bits per heavy atom. The summed E-state index contributed by atoms with van der Waals surface area (Å²) < 4.78 is 11.3. The van der Waals surface area contributed by atoms with Crippen LogP contribution in [0.1, 0.15) is 37.3 Å². The second-order valence-corrected chi connectivity index (χ2v) is 4.79. The number of rotatable bonds is 5. The molecule has 0 aromatic heterocycles. The molecule has 1 aromatic carbocycles. The fourth-order valence-electron chi connectivity index (χ4n) is 2.46. The van der Waals surface area contributed by atoms with E-state index in [1.165, 1.54) is 12.8 Å². The zero-order valence-corrected chi connectivity index (χ0v) is 11.5. The number of nitrogens with one attached hydrogen (secondary N) is 1. The SMILES string of the molecule is CNC(C#N)c1ccc(OC)c(OC2CCCC2)c1. The van der Waals surface area contributed by atoms with Gasteiger partial charge in [-0.15, -0.1) is 0 Å². The highest BCUT2D eigenvalue weighted by Gasteiger charge is 2.19. The molecule has 19 heavy (non-hydrogen) atoms. The van der Waals surface area contributed by atoms with Crippen LogP contribution in [0.15, 0.2) is 18.2 Å². The Balaban J connectivity index is 2.23. The molecule has 0 radical (unpaired) electrons. The Bertz CT molecular complexity index is 462. The van der Waals surface area contributed by atoms with E-state index < -0.39 is 0 Å². The molecule has 4 nitrogen and oxygen atoms in total. The number of methoxy groups -OCH3 is 1. The van der Waals surface area contributed by atoms with Gasteiger partial charge in [-0.25, -0.2) is 0 Å². The van der Waals surface area contributed by atoms with Crippen LogP contribution in [0.3, 0.4) is 0 Å². The van der Waals surface area contributed by atoms with E-state index in [1.54, 1.807) is 14.2 Å². The summed E-state index contributed by atoms with van der Waals surface area (Å²) in [6, 6.07) is 7.56. The predicted molar refractivity (Wildman–Crippen MR) is 73.3 cm³/mol. The van der Waals surface area contributed by atoms with Crippen molar-refractivity contribution in [3.63, 3.8) is 0 Å². The van der Waals surface area contributed by atoms with E-state index in [9.17, 15) is 0 Å². The third kappa shape index (κ3) is 3.18. The molecule has 0 aliphatic heterocycles. The predicted octanol–water partition coefficient (Wildman–Crippen LogP) is 2.80. The lowest BCUT2D eigenvalue weighted by Crippen LogP contribution is -2.15. The van der Waals surface area contributed by atoms with Crippen molar-refractivity contribution in [2.45, 2.75) is 37.8 Å². The smallest absolute Gasteiger partial charge is 0.161 e. The van der Waals surface area contributed by atoms with Crippen LogP contribution in [0.5, 0.6) is 11.5 Å². The average Bonchev–Trinajstić information content (AvgIpc) is 2.93. The highest BCUT2D eigenvalue weighted by Crippen LogP contribution is 2.33. The van der Waals surface area contributed by atoms with Crippen molar-refractivity contribution in [1.29, 1.82) is 5.26 Å². The number of hydrogen-bond acceptors (Lipinski definition) is 4. The highest BCUT2D eigenvalue weighted by molar-refractivity contribution is 5.45. The Hall–Kier alpha value is -1.73. The topological polar surface area (TPSA) is 54.3 Å². The molecule has 0 heterocycles. The van der Waals surface area contributed by atoms with Gasteiger partial charge in [-0.05, 0) is 50.4 Å². The number of benzene rings is 1. The lowest BCUT2D eigenvalue weighted by atomic mass is 10.1.